The Kier molecular flexibility index (Phi) is 7.51. The molecule has 29 heavy (non-hydrogen) atoms. The highest BCUT2D eigenvalue weighted by molar-refractivity contribution is 7.14. The van der Waals surface area contributed by atoms with Crippen molar-refractivity contribution >= 4 is 40.3 Å². The highest BCUT2D eigenvalue weighted by Crippen LogP contribution is 2.25. The van der Waals surface area contributed by atoms with E-state index in [1.54, 1.807) is 23.6 Å². The molecule has 0 atom stereocenters. The number of hydrogen-bond donors (Lipinski definition) is 1. The third-order valence-electron chi connectivity index (χ3n) is 3.71. The third kappa shape index (κ3) is 5.67. The van der Waals surface area contributed by atoms with Gasteiger partial charge in [-0.25, -0.2) is 4.79 Å². The maximum Gasteiger partial charge on any atom is 0.340 e. The number of rotatable bonds is 7. The summed E-state index contributed by atoms with van der Waals surface area (Å²) in [6.07, 6.45) is 1.39. The van der Waals surface area contributed by atoms with Crippen LogP contribution in [0.5, 0.6) is 5.75 Å². The zero-order valence-corrected chi connectivity index (χ0v) is 16.8. The molecule has 1 heterocycles. The van der Waals surface area contributed by atoms with Crippen molar-refractivity contribution in [3.63, 3.8) is 0 Å². The van der Waals surface area contributed by atoms with Gasteiger partial charge in [-0.3, -0.25) is 9.59 Å². The summed E-state index contributed by atoms with van der Waals surface area (Å²) in [7, 11) is 2.72. The minimum absolute atomic E-state index is 0.00798. The first kappa shape index (κ1) is 21.7. The Morgan fingerprint density at radius 3 is 2.62 bits per heavy atom. The second-order valence-electron chi connectivity index (χ2n) is 5.63. The van der Waals surface area contributed by atoms with Gasteiger partial charge in [0.15, 0.2) is 0 Å². The Hall–Kier alpha value is -3.64. The second-order valence-corrected chi connectivity index (χ2v) is 6.55. The number of thiophene rings is 1. The number of ether oxygens (including phenoxy) is 3. The van der Waals surface area contributed by atoms with E-state index in [0.717, 1.165) is 11.3 Å². The molecule has 1 aromatic heterocycles. The Balaban J connectivity index is 2.27. The summed E-state index contributed by atoms with van der Waals surface area (Å²) in [5.41, 5.74) is 1.16. The number of benzene rings is 1. The minimum atomic E-state index is -0.669. The van der Waals surface area contributed by atoms with E-state index in [-0.39, 0.29) is 22.7 Å². The predicted octanol–water partition coefficient (Wildman–Crippen LogP) is 3.15. The maximum absolute atomic E-state index is 12.5. The molecule has 0 bridgehead atoms. The summed E-state index contributed by atoms with van der Waals surface area (Å²) < 4.78 is 14.9. The maximum atomic E-state index is 12.5. The molecule has 0 fully saturated rings. The number of amides is 1. The van der Waals surface area contributed by atoms with Crippen LogP contribution in [0.4, 0.5) is 5.00 Å². The van der Waals surface area contributed by atoms with Crippen molar-refractivity contribution in [1.82, 2.24) is 0 Å². The molecule has 150 valence electrons. The van der Waals surface area contributed by atoms with Gasteiger partial charge in [0.25, 0.3) is 5.91 Å². The van der Waals surface area contributed by atoms with Crippen molar-refractivity contribution in [3.05, 3.63) is 51.9 Å². The molecule has 2 rings (SSSR count). The Bertz CT molecular complexity index is 1000. The van der Waals surface area contributed by atoms with Gasteiger partial charge in [-0.05, 0) is 35.2 Å². The van der Waals surface area contributed by atoms with Crippen LogP contribution in [-0.2, 0) is 25.7 Å². The molecule has 0 saturated carbocycles. The Labute approximate surface area is 171 Å². The van der Waals surface area contributed by atoms with Gasteiger partial charge in [0.1, 0.15) is 29.0 Å². The molecular weight excluding hydrogens is 396 g/mol. The lowest BCUT2D eigenvalue weighted by atomic mass is 10.1. The number of esters is 2. The molecule has 1 N–H and O–H groups in total. The van der Waals surface area contributed by atoms with Crippen molar-refractivity contribution in [1.29, 1.82) is 5.26 Å². The van der Waals surface area contributed by atoms with Crippen LogP contribution in [0.2, 0.25) is 0 Å². The largest absolute Gasteiger partial charge is 0.496 e. The molecular formula is C20H18N2O6S. The van der Waals surface area contributed by atoms with Crippen molar-refractivity contribution in [3.8, 4) is 11.8 Å². The lowest BCUT2D eigenvalue weighted by molar-refractivity contribution is -0.142. The monoisotopic (exact) mass is 414 g/mol. The van der Waals surface area contributed by atoms with Gasteiger partial charge in [-0.2, -0.15) is 5.26 Å². The van der Waals surface area contributed by atoms with Gasteiger partial charge in [0, 0.05) is 12.5 Å². The fourth-order valence-corrected chi connectivity index (χ4v) is 3.11. The molecule has 0 saturated heterocycles. The number of hydrogen-bond acceptors (Lipinski definition) is 8. The molecule has 9 heteroatoms. The van der Waals surface area contributed by atoms with Crippen molar-refractivity contribution in [2.45, 2.75) is 13.5 Å². The SMILES string of the molecule is COC(=O)c1ccsc1NC(=O)C(C#N)=Cc1ccc(OC)c(COC(C)=O)c1. The lowest BCUT2D eigenvalue weighted by Gasteiger charge is -2.10. The fraction of sp³-hybridized carbons (Fsp3) is 0.200. The van der Waals surface area contributed by atoms with Crippen LogP contribution in [0.1, 0.15) is 28.4 Å². The van der Waals surface area contributed by atoms with Crippen molar-refractivity contribution < 1.29 is 28.6 Å². The van der Waals surface area contributed by atoms with E-state index in [1.165, 1.54) is 33.3 Å². The summed E-state index contributed by atoms with van der Waals surface area (Å²) in [6.45, 7) is 1.29. The number of carbonyl (C=O) groups is 3. The zero-order valence-electron chi connectivity index (χ0n) is 16.0. The minimum Gasteiger partial charge on any atom is -0.496 e. The summed E-state index contributed by atoms with van der Waals surface area (Å²) in [5, 5.41) is 13.9. The van der Waals surface area contributed by atoms with Crippen LogP contribution in [-0.4, -0.2) is 32.1 Å². The highest BCUT2D eigenvalue weighted by atomic mass is 32.1. The molecule has 0 spiro atoms. The number of nitriles is 1. The molecule has 0 radical (unpaired) electrons. The molecule has 8 nitrogen and oxygen atoms in total. The standard InChI is InChI=1S/C20H18N2O6S/c1-12(23)28-11-15-9-13(4-5-17(15)26-2)8-14(10-21)18(24)22-19-16(6-7-29-19)20(25)27-3/h4-9H,11H2,1-3H3,(H,22,24). The predicted molar refractivity (Wildman–Crippen MR) is 106 cm³/mol. The summed E-state index contributed by atoms with van der Waals surface area (Å²) in [4.78, 5) is 35.3. The van der Waals surface area contributed by atoms with Crippen LogP contribution in [0.25, 0.3) is 6.08 Å². The quantitative estimate of drug-likeness (QED) is 0.420. The third-order valence-corrected chi connectivity index (χ3v) is 4.54. The van der Waals surface area contributed by atoms with Gasteiger partial charge in [-0.1, -0.05) is 6.07 Å². The summed E-state index contributed by atoms with van der Waals surface area (Å²) in [5.74, 6) is -1.19. The highest BCUT2D eigenvalue weighted by Gasteiger charge is 2.18. The smallest absolute Gasteiger partial charge is 0.340 e. The molecule has 2 aromatic rings. The first-order valence-electron chi connectivity index (χ1n) is 8.28. The molecule has 0 aliphatic heterocycles. The van der Waals surface area contributed by atoms with Crippen molar-refractivity contribution in [2.24, 2.45) is 0 Å². The van der Waals surface area contributed by atoms with E-state index in [1.807, 2.05) is 6.07 Å². The average molecular weight is 414 g/mol. The van der Waals surface area contributed by atoms with Gasteiger partial charge in [-0.15, -0.1) is 11.3 Å². The van der Waals surface area contributed by atoms with E-state index in [0.29, 0.717) is 16.9 Å². The van der Waals surface area contributed by atoms with Crippen LogP contribution < -0.4 is 10.1 Å². The number of methoxy groups -OCH3 is 2. The van der Waals surface area contributed by atoms with Gasteiger partial charge in [0.05, 0.1) is 19.8 Å². The molecule has 0 aliphatic carbocycles. The van der Waals surface area contributed by atoms with E-state index in [2.05, 4.69) is 10.1 Å². The molecule has 0 unspecified atom stereocenters. The molecule has 1 aromatic carbocycles. The average Bonchev–Trinajstić information content (AvgIpc) is 3.17. The lowest BCUT2D eigenvalue weighted by Crippen LogP contribution is -2.15. The van der Waals surface area contributed by atoms with E-state index in [4.69, 9.17) is 9.47 Å². The normalized spacial score (nSPS) is 10.6. The number of anilines is 1. The number of nitrogens with zero attached hydrogens (tertiary/aromatic N) is 1. The first-order valence-corrected chi connectivity index (χ1v) is 9.16. The van der Waals surface area contributed by atoms with Gasteiger partial charge < -0.3 is 19.5 Å². The van der Waals surface area contributed by atoms with E-state index >= 15 is 0 Å². The number of nitrogens with one attached hydrogen (secondary N) is 1. The Morgan fingerprint density at radius 1 is 1.24 bits per heavy atom. The van der Waals surface area contributed by atoms with Gasteiger partial charge >= 0.3 is 11.9 Å². The van der Waals surface area contributed by atoms with E-state index in [9.17, 15) is 19.6 Å². The summed E-state index contributed by atoms with van der Waals surface area (Å²) in [6, 6.07) is 8.32. The first-order chi connectivity index (χ1) is 13.9. The van der Waals surface area contributed by atoms with Gasteiger partial charge in [0.2, 0.25) is 0 Å². The van der Waals surface area contributed by atoms with Crippen LogP contribution in [0, 0.1) is 11.3 Å². The van der Waals surface area contributed by atoms with E-state index < -0.39 is 17.8 Å². The molecule has 1 amide bonds. The fourth-order valence-electron chi connectivity index (χ4n) is 2.34. The van der Waals surface area contributed by atoms with Crippen LogP contribution in [0.3, 0.4) is 0 Å². The second kappa shape index (κ2) is 10.1. The van der Waals surface area contributed by atoms with Crippen molar-refractivity contribution in [2.75, 3.05) is 19.5 Å². The van der Waals surface area contributed by atoms with Crippen LogP contribution >= 0.6 is 11.3 Å². The summed E-state index contributed by atoms with van der Waals surface area (Å²) >= 11 is 1.14. The Morgan fingerprint density at radius 2 is 2.00 bits per heavy atom. The van der Waals surface area contributed by atoms with Crippen LogP contribution in [0.15, 0.2) is 35.2 Å². The molecule has 0 aliphatic rings. The zero-order chi connectivity index (χ0) is 21.4. The number of carbonyl (C=O) groups excluding carboxylic acids is 3. The topological polar surface area (TPSA) is 115 Å².